The lowest BCUT2D eigenvalue weighted by molar-refractivity contribution is -0.138. The Labute approximate surface area is 146 Å². The molecule has 3 aliphatic rings. The Bertz CT molecular complexity index is 468. The molecule has 0 radical (unpaired) electrons. The van der Waals surface area contributed by atoms with Crippen molar-refractivity contribution in [1.82, 2.24) is 15.1 Å². The van der Waals surface area contributed by atoms with Crippen LogP contribution in [0.25, 0.3) is 0 Å². The number of amides is 1. The summed E-state index contributed by atoms with van der Waals surface area (Å²) in [6.07, 6.45) is 9.85. The van der Waals surface area contributed by atoms with Crippen LogP contribution in [-0.4, -0.2) is 62.4 Å². The molecule has 2 atom stereocenters. The zero-order valence-electron chi connectivity index (χ0n) is 15.7. The first-order chi connectivity index (χ1) is 11.6. The van der Waals surface area contributed by atoms with Gasteiger partial charge in [0.25, 0.3) is 0 Å². The van der Waals surface area contributed by atoms with Crippen LogP contribution in [0.2, 0.25) is 0 Å². The number of fused-ring (bicyclic) bond motifs is 1. The molecule has 24 heavy (non-hydrogen) atoms. The molecule has 2 unspecified atom stereocenters. The predicted molar refractivity (Wildman–Crippen MR) is 98.0 cm³/mol. The third-order valence-electron chi connectivity index (χ3n) is 6.49. The van der Waals surface area contributed by atoms with Gasteiger partial charge in [0.15, 0.2) is 5.96 Å². The normalized spacial score (nSPS) is 29.5. The number of carbonyl (C=O) groups excluding carboxylic acids is 1. The first kappa shape index (κ1) is 17.6. The highest BCUT2D eigenvalue weighted by Crippen LogP contribution is 2.39. The quantitative estimate of drug-likeness (QED) is 0.636. The van der Waals surface area contributed by atoms with E-state index in [1.165, 1.54) is 25.7 Å². The fourth-order valence-electron chi connectivity index (χ4n) is 5.15. The van der Waals surface area contributed by atoms with Gasteiger partial charge < -0.3 is 15.1 Å². The van der Waals surface area contributed by atoms with E-state index < -0.39 is 0 Å². The highest BCUT2D eigenvalue weighted by Gasteiger charge is 2.43. The van der Waals surface area contributed by atoms with Crippen LogP contribution in [0.1, 0.15) is 51.4 Å². The number of hydrogen-bond donors (Lipinski definition) is 1. The first-order valence-electron chi connectivity index (χ1n) is 9.73. The van der Waals surface area contributed by atoms with Gasteiger partial charge in [-0.2, -0.15) is 0 Å². The average Bonchev–Trinajstić information content (AvgIpc) is 3.22. The van der Waals surface area contributed by atoms with Crippen molar-refractivity contribution < 1.29 is 4.79 Å². The van der Waals surface area contributed by atoms with Gasteiger partial charge in [0.2, 0.25) is 5.91 Å². The Balaban J connectivity index is 1.62. The van der Waals surface area contributed by atoms with Crippen LogP contribution in [0, 0.1) is 17.3 Å². The van der Waals surface area contributed by atoms with Crippen LogP contribution >= 0.6 is 0 Å². The largest absolute Gasteiger partial charge is 0.355 e. The Morgan fingerprint density at radius 2 is 1.71 bits per heavy atom. The van der Waals surface area contributed by atoms with Crippen LogP contribution in [0.3, 0.4) is 0 Å². The topological polar surface area (TPSA) is 47.9 Å². The summed E-state index contributed by atoms with van der Waals surface area (Å²) < 4.78 is 0. The minimum atomic E-state index is -0.230. The summed E-state index contributed by atoms with van der Waals surface area (Å²) in [6, 6.07) is 0. The van der Waals surface area contributed by atoms with Gasteiger partial charge in [-0.3, -0.25) is 9.79 Å². The van der Waals surface area contributed by atoms with Crippen molar-refractivity contribution in [2.75, 3.05) is 40.8 Å². The molecule has 1 amide bonds. The van der Waals surface area contributed by atoms with Crippen LogP contribution in [0.5, 0.6) is 0 Å². The third kappa shape index (κ3) is 3.40. The van der Waals surface area contributed by atoms with Gasteiger partial charge in [-0.15, -0.1) is 0 Å². The molecule has 0 bridgehead atoms. The maximum Gasteiger partial charge on any atom is 0.230 e. The summed E-state index contributed by atoms with van der Waals surface area (Å²) in [6.45, 7) is 3.00. The number of hydrogen-bond acceptors (Lipinski definition) is 2. The van der Waals surface area contributed by atoms with Gasteiger partial charge in [0.05, 0.1) is 5.41 Å². The minimum absolute atomic E-state index is 0.230. The monoisotopic (exact) mass is 334 g/mol. The highest BCUT2D eigenvalue weighted by atomic mass is 16.2. The summed E-state index contributed by atoms with van der Waals surface area (Å²) in [5, 5.41) is 3.57. The number of nitrogens with one attached hydrogen (secondary N) is 1. The van der Waals surface area contributed by atoms with Crippen LogP contribution in [-0.2, 0) is 4.79 Å². The molecule has 2 saturated carbocycles. The SMILES string of the molecule is CN=C(NCC1(C(=O)N(C)C)CCCC1)N1CC2CCCCC2C1. The van der Waals surface area contributed by atoms with E-state index in [9.17, 15) is 4.79 Å². The van der Waals surface area contributed by atoms with Crippen molar-refractivity contribution in [3.8, 4) is 0 Å². The Morgan fingerprint density at radius 1 is 1.12 bits per heavy atom. The molecule has 136 valence electrons. The van der Waals surface area contributed by atoms with Crippen molar-refractivity contribution in [3.05, 3.63) is 0 Å². The summed E-state index contributed by atoms with van der Waals surface area (Å²) >= 11 is 0. The standard InChI is InChI=1S/C19H34N4O/c1-20-18(23-12-15-8-4-5-9-16(15)13-23)21-14-19(10-6-7-11-19)17(24)22(2)3/h15-16H,4-14H2,1-3H3,(H,20,21). The maximum atomic E-state index is 12.7. The second-order valence-corrected chi connectivity index (χ2v) is 8.30. The Kier molecular flexibility index (Phi) is 5.36. The third-order valence-corrected chi connectivity index (χ3v) is 6.49. The Hall–Kier alpha value is -1.26. The molecule has 3 rings (SSSR count). The van der Waals surface area contributed by atoms with Crippen molar-refractivity contribution in [3.63, 3.8) is 0 Å². The Morgan fingerprint density at radius 3 is 2.21 bits per heavy atom. The second kappa shape index (κ2) is 7.32. The van der Waals surface area contributed by atoms with Crippen molar-refractivity contribution in [1.29, 1.82) is 0 Å². The zero-order chi connectivity index (χ0) is 17.2. The van der Waals surface area contributed by atoms with E-state index in [1.54, 1.807) is 4.90 Å². The van der Waals surface area contributed by atoms with E-state index >= 15 is 0 Å². The van der Waals surface area contributed by atoms with Gasteiger partial charge >= 0.3 is 0 Å². The molecular formula is C19H34N4O. The van der Waals surface area contributed by atoms with Crippen molar-refractivity contribution in [2.24, 2.45) is 22.2 Å². The molecule has 5 nitrogen and oxygen atoms in total. The molecule has 1 heterocycles. The summed E-state index contributed by atoms with van der Waals surface area (Å²) in [5.74, 6) is 2.97. The van der Waals surface area contributed by atoms with Crippen LogP contribution in [0.4, 0.5) is 0 Å². The number of nitrogens with zero attached hydrogens (tertiary/aromatic N) is 3. The van der Waals surface area contributed by atoms with Crippen molar-refractivity contribution in [2.45, 2.75) is 51.4 Å². The maximum absolute atomic E-state index is 12.7. The molecular weight excluding hydrogens is 300 g/mol. The van der Waals surface area contributed by atoms with Crippen LogP contribution < -0.4 is 5.32 Å². The summed E-state index contributed by atoms with van der Waals surface area (Å²) in [7, 11) is 5.63. The van der Waals surface area contributed by atoms with E-state index in [0.717, 1.165) is 63.1 Å². The van der Waals surface area contributed by atoms with E-state index in [-0.39, 0.29) is 11.3 Å². The number of likely N-dealkylation sites (tertiary alicyclic amines) is 1. The van der Waals surface area contributed by atoms with Gasteiger partial charge in [-0.25, -0.2) is 0 Å². The van der Waals surface area contributed by atoms with Gasteiger partial charge in [0.1, 0.15) is 0 Å². The molecule has 1 aliphatic heterocycles. The highest BCUT2D eigenvalue weighted by molar-refractivity contribution is 5.85. The fourth-order valence-corrected chi connectivity index (χ4v) is 5.15. The second-order valence-electron chi connectivity index (χ2n) is 8.30. The lowest BCUT2D eigenvalue weighted by Crippen LogP contribution is -2.49. The van der Waals surface area contributed by atoms with E-state index in [1.807, 2.05) is 21.1 Å². The van der Waals surface area contributed by atoms with Gasteiger partial charge in [-0.05, 0) is 37.5 Å². The summed E-state index contributed by atoms with van der Waals surface area (Å²) in [4.78, 5) is 21.5. The van der Waals surface area contributed by atoms with E-state index in [2.05, 4.69) is 15.2 Å². The molecule has 0 aromatic rings. The van der Waals surface area contributed by atoms with E-state index in [0.29, 0.717) is 0 Å². The molecule has 2 aliphatic carbocycles. The molecule has 1 N–H and O–H groups in total. The lowest BCUT2D eigenvalue weighted by atomic mass is 9.82. The molecule has 0 aromatic heterocycles. The van der Waals surface area contributed by atoms with Gasteiger partial charge in [-0.1, -0.05) is 25.7 Å². The molecule has 0 aromatic carbocycles. The summed E-state index contributed by atoms with van der Waals surface area (Å²) in [5.41, 5.74) is -0.230. The zero-order valence-corrected chi connectivity index (χ0v) is 15.7. The first-order valence-corrected chi connectivity index (χ1v) is 9.73. The number of carbonyl (C=O) groups is 1. The van der Waals surface area contributed by atoms with Gasteiger partial charge in [0, 0.05) is 40.8 Å². The van der Waals surface area contributed by atoms with Crippen LogP contribution in [0.15, 0.2) is 4.99 Å². The number of rotatable bonds is 3. The molecule has 5 heteroatoms. The molecule has 1 saturated heterocycles. The smallest absolute Gasteiger partial charge is 0.230 e. The van der Waals surface area contributed by atoms with E-state index in [4.69, 9.17) is 0 Å². The average molecular weight is 335 g/mol. The lowest BCUT2D eigenvalue weighted by Gasteiger charge is -2.32. The van der Waals surface area contributed by atoms with Crippen molar-refractivity contribution >= 4 is 11.9 Å². The molecule has 3 fully saturated rings. The number of guanidine groups is 1. The predicted octanol–water partition coefficient (Wildman–Crippen LogP) is 2.33. The molecule has 0 spiro atoms. The minimum Gasteiger partial charge on any atom is -0.355 e. The fraction of sp³-hybridized carbons (Fsp3) is 0.895. The number of aliphatic imine (C=N–C) groups is 1.